The number of nitrogens with zero attached hydrogens (tertiary/aromatic N) is 1. The van der Waals surface area contributed by atoms with Crippen molar-refractivity contribution in [3.8, 4) is 16.9 Å². The van der Waals surface area contributed by atoms with Gasteiger partial charge in [-0.15, -0.1) is 0 Å². The van der Waals surface area contributed by atoms with Crippen LogP contribution < -0.4 is 20.5 Å². The van der Waals surface area contributed by atoms with Gasteiger partial charge in [-0.2, -0.15) is 0 Å². The highest BCUT2D eigenvalue weighted by molar-refractivity contribution is 7.89. The first-order valence-corrected chi connectivity index (χ1v) is 19.8. The number of rotatable bonds is 20. The topological polar surface area (TPSA) is 271 Å². The number of unbranched alkanes of at least 4 members (excludes halogenated alkanes) is 1. The van der Waals surface area contributed by atoms with Crippen LogP contribution in [0, 0.1) is 0 Å². The highest BCUT2D eigenvalue weighted by Crippen LogP contribution is 2.53. The van der Waals surface area contributed by atoms with Crippen LogP contribution in [0.3, 0.4) is 0 Å². The van der Waals surface area contributed by atoms with Crippen LogP contribution in [0.1, 0.15) is 68.6 Å². The summed E-state index contributed by atoms with van der Waals surface area (Å²) < 4.78 is 38.7. The molecule has 2 aromatic carbocycles. The summed E-state index contributed by atoms with van der Waals surface area (Å²) in [4.78, 5) is 30.2. The molecule has 1 heterocycles. The van der Waals surface area contributed by atoms with Crippen LogP contribution >= 0.6 is 11.6 Å². The third-order valence-electron chi connectivity index (χ3n) is 9.82. The van der Waals surface area contributed by atoms with E-state index in [0.717, 1.165) is 41.3 Å². The zero-order valence-electron chi connectivity index (χ0n) is 30.1. The maximum Gasteiger partial charge on any atom is 0.334 e. The van der Waals surface area contributed by atoms with E-state index in [1.807, 2.05) is 30.3 Å². The van der Waals surface area contributed by atoms with Crippen molar-refractivity contribution in [1.29, 1.82) is 0 Å². The van der Waals surface area contributed by atoms with Gasteiger partial charge in [0.25, 0.3) is 0 Å². The number of benzene rings is 2. The molecule has 0 radical (unpaired) electrons. The monoisotopic (exact) mass is 806 g/mol. The average Bonchev–Trinajstić information content (AvgIpc) is 4.11. The molecular weight excluding hydrogens is 760 g/mol. The Morgan fingerprint density at radius 3 is 2.38 bits per heavy atom. The van der Waals surface area contributed by atoms with Gasteiger partial charge in [0.15, 0.2) is 5.54 Å². The second-order valence-corrected chi connectivity index (χ2v) is 15.9. The quantitative estimate of drug-likeness (QED) is 0.0792. The normalized spacial score (nSPS) is 18.3. The fourth-order valence-electron chi connectivity index (χ4n) is 6.35. The predicted octanol–water partition coefficient (Wildman–Crippen LogP) is 2.00. The zero-order valence-corrected chi connectivity index (χ0v) is 31.7. The van der Waals surface area contributed by atoms with E-state index in [9.17, 15) is 43.5 Å². The van der Waals surface area contributed by atoms with Crippen LogP contribution in [0.15, 0.2) is 59.8 Å². The first kappa shape index (κ1) is 42.2. The number of carboxylic acid groups (broad SMARTS) is 1. The lowest BCUT2D eigenvalue weighted by atomic mass is 9.84. The van der Waals surface area contributed by atoms with Gasteiger partial charge < -0.3 is 50.7 Å². The molecule has 300 valence electrons. The lowest BCUT2D eigenvalue weighted by molar-refractivity contribution is -0.145. The smallest absolute Gasteiger partial charge is 0.334 e. The Balaban J connectivity index is 1.46. The van der Waals surface area contributed by atoms with Gasteiger partial charge >= 0.3 is 12.0 Å². The minimum atomic E-state index is -4.65. The van der Waals surface area contributed by atoms with Crippen LogP contribution in [-0.2, 0) is 37.3 Å². The van der Waals surface area contributed by atoms with E-state index in [1.54, 1.807) is 19.3 Å². The van der Waals surface area contributed by atoms with Crippen molar-refractivity contribution in [2.24, 2.45) is 5.14 Å². The molecule has 1 aromatic heterocycles. The Morgan fingerprint density at radius 2 is 1.76 bits per heavy atom. The number of aromatic nitrogens is 1. The van der Waals surface area contributed by atoms with E-state index in [4.69, 9.17) is 31.3 Å². The van der Waals surface area contributed by atoms with Crippen LogP contribution in [-0.4, -0.2) is 99.7 Å². The molecule has 3 aromatic rings. The Kier molecular flexibility index (Phi) is 13.4. The Labute approximate surface area is 323 Å². The molecule has 0 aliphatic heterocycles. The second kappa shape index (κ2) is 17.5. The maximum absolute atomic E-state index is 13.3. The average molecular weight is 807 g/mol. The first-order chi connectivity index (χ1) is 26.1. The van der Waals surface area contributed by atoms with Gasteiger partial charge in [-0.3, -0.25) is 4.98 Å². The summed E-state index contributed by atoms with van der Waals surface area (Å²) in [5, 5.41) is 69.8. The van der Waals surface area contributed by atoms with Crippen molar-refractivity contribution in [3.63, 3.8) is 0 Å². The molecule has 18 heteroatoms. The van der Waals surface area contributed by atoms with Crippen molar-refractivity contribution in [1.82, 2.24) is 15.6 Å². The fourth-order valence-corrected chi connectivity index (χ4v) is 7.46. The van der Waals surface area contributed by atoms with Crippen LogP contribution in [0.25, 0.3) is 11.1 Å². The molecule has 2 saturated carbocycles. The van der Waals surface area contributed by atoms with E-state index in [2.05, 4.69) is 15.6 Å². The van der Waals surface area contributed by atoms with Gasteiger partial charge in [0.1, 0.15) is 24.1 Å². The van der Waals surface area contributed by atoms with Crippen molar-refractivity contribution < 1.29 is 58.1 Å². The SMILES string of the molecule is CCCC[C@@](NC(=O)NC[C@H](O)[C@@H](O)[C@H](O)[C@H](O)CO)(C(=O)O)c1cc(COC2(c3cnccc3-c3ccccc3OC3CC3)CC2)c(Cl)cc1S(N)(=O)=O. The number of aliphatic carboxylic acids is 1. The van der Waals surface area contributed by atoms with E-state index in [-0.39, 0.29) is 36.1 Å². The van der Waals surface area contributed by atoms with Gasteiger partial charge in [-0.1, -0.05) is 49.6 Å². The highest BCUT2D eigenvalue weighted by atomic mass is 35.5. The Morgan fingerprint density at radius 1 is 1.07 bits per heavy atom. The van der Waals surface area contributed by atoms with Crippen LogP contribution in [0.2, 0.25) is 5.02 Å². The zero-order chi connectivity index (χ0) is 40.1. The molecule has 16 nitrogen and oxygen atoms in total. The summed E-state index contributed by atoms with van der Waals surface area (Å²) in [6.45, 7) is -0.111. The number of pyridine rings is 1. The number of carbonyl (C=O) groups is 2. The second-order valence-electron chi connectivity index (χ2n) is 13.9. The number of halogens is 1. The summed E-state index contributed by atoms with van der Waals surface area (Å²) in [5.74, 6) is -0.903. The van der Waals surface area contributed by atoms with E-state index in [0.29, 0.717) is 19.3 Å². The third-order valence-corrected chi connectivity index (χ3v) is 11.1. The highest BCUT2D eigenvalue weighted by Gasteiger charge is 2.49. The van der Waals surface area contributed by atoms with E-state index >= 15 is 0 Å². The number of aliphatic hydroxyl groups excluding tert-OH is 5. The van der Waals surface area contributed by atoms with Crippen molar-refractivity contribution in [2.75, 3.05) is 13.2 Å². The standard InChI is InChI=1S/C37H47ClN4O12S/c1-2-3-11-37(34(48)49,42-35(50)41-18-28(44)32(46)33(47)29(45)19-43)25-15-21(27(38)16-31(25)55(39,51)52)20-53-36(12-13-36)26-17-40-14-10-23(26)24-6-4-5-7-30(24)54-22-8-9-22/h4-7,10,14-17,22,28-29,32-33,43-47H,2-3,8-9,11-13,18-20H2,1H3,(H,48,49)(H2,39,51,52)(H2,41,42,50)/t28-,29+,32+,33+,37-/m0/s1. The van der Waals surface area contributed by atoms with Gasteiger partial charge in [-0.25, -0.2) is 23.1 Å². The molecule has 2 amide bonds. The summed E-state index contributed by atoms with van der Waals surface area (Å²) in [7, 11) is -4.65. The summed E-state index contributed by atoms with van der Waals surface area (Å²) in [6, 6.07) is 10.6. The summed E-state index contributed by atoms with van der Waals surface area (Å²) in [5.41, 5.74) is -0.896. The van der Waals surface area contributed by atoms with Gasteiger partial charge in [-0.05, 0) is 67.5 Å². The molecule has 55 heavy (non-hydrogen) atoms. The molecule has 5 atom stereocenters. The van der Waals surface area contributed by atoms with Gasteiger partial charge in [0.05, 0.1) is 35.9 Å². The number of carbonyl (C=O) groups excluding carboxylic acids is 1. The fraction of sp³-hybridized carbons (Fsp3) is 0.486. The molecular formula is C37H47ClN4O12S. The number of urea groups is 1. The van der Waals surface area contributed by atoms with E-state index < -0.39 is 81.2 Å². The number of hydrogen-bond donors (Lipinski definition) is 9. The number of carboxylic acids is 1. The molecule has 0 spiro atoms. The van der Waals surface area contributed by atoms with Gasteiger partial charge in [0.2, 0.25) is 10.0 Å². The third kappa shape index (κ3) is 9.73. The van der Waals surface area contributed by atoms with Gasteiger partial charge in [0, 0.05) is 40.7 Å². The minimum absolute atomic E-state index is 0.0851. The van der Waals surface area contributed by atoms with E-state index in [1.165, 1.54) is 6.07 Å². The molecule has 2 aliphatic carbocycles. The number of ether oxygens (including phenoxy) is 2. The number of amides is 2. The molecule has 0 unspecified atom stereocenters. The summed E-state index contributed by atoms with van der Waals surface area (Å²) >= 11 is 6.64. The molecule has 10 N–H and O–H groups in total. The first-order valence-electron chi connectivity index (χ1n) is 17.9. The Hall–Kier alpha value is -3.91. The maximum atomic E-state index is 13.3. The lowest BCUT2D eigenvalue weighted by Gasteiger charge is -2.33. The molecule has 2 aliphatic rings. The summed E-state index contributed by atoms with van der Waals surface area (Å²) in [6.07, 6.45) is -0.575. The number of hydrogen-bond acceptors (Lipinski definition) is 12. The molecule has 2 fully saturated rings. The number of nitrogens with two attached hydrogens (primary N) is 1. The molecule has 0 bridgehead atoms. The van der Waals surface area contributed by atoms with Crippen LogP contribution in [0.4, 0.5) is 4.79 Å². The molecule has 0 saturated heterocycles. The minimum Gasteiger partial charge on any atom is -0.490 e. The number of primary sulfonamides is 1. The number of sulfonamides is 1. The lowest BCUT2D eigenvalue weighted by Crippen LogP contribution is -2.57. The largest absolute Gasteiger partial charge is 0.490 e. The Bertz CT molecular complexity index is 1960. The number of aliphatic hydroxyl groups is 5. The molecule has 5 rings (SSSR count). The van der Waals surface area contributed by atoms with Crippen molar-refractivity contribution in [3.05, 3.63) is 76.6 Å². The number of para-hydroxylation sites is 1. The van der Waals surface area contributed by atoms with Crippen LogP contribution in [0.5, 0.6) is 5.75 Å². The number of nitrogens with one attached hydrogen (secondary N) is 2. The van der Waals surface area contributed by atoms with Crippen molar-refractivity contribution in [2.45, 2.75) is 105 Å². The van der Waals surface area contributed by atoms with Crippen molar-refractivity contribution >= 4 is 33.6 Å². The predicted molar refractivity (Wildman–Crippen MR) is 198 cm³/mol.